The van der Waals surface area contributed by atoms with E-state index in [4.69, 9.17) is 9.26 Å². The Bertz CT molecular complexity index is 321. The summed E-state index contributed by atoms with van der Waals surface area (Å²) in [6.45, 7) is 6.59. The van der Waals surface area contributed by atoms with Crippen molar-refractivity contribution in [3.05, 3.63) is 11.7 Å². The summed E-state index contributed by atoms with van der Waals surface area (Å²) < 4.78 is 10.7. The number of rotatable bonds is 4. The molecule has 1 fully saturated rings. The summed E-state index contributed by atoms with van der Waals surface area (Å²) in [4.78, 5) is 4.41. The maximum Gasteiger partial charge on any atom is 0.231 e. The normalized spacial score (nSPS) is 23.2. The molecule has 0 bridgehead atoms. The van der Waals surface area contributed by atoms with Gasteiger partial charge in [0.1, 0.15) is 6.10 Å². The van der Waals surface area contributed by atoms with Crippen LogP contribution in [0.15, 0.2) is 4.52 Å². The Balaban J connectivity index is 2.00. The van der Waals surface area contributed by atoms with Crippen molar-refractivity contribution in [3.8, 4) is 0 Å². The molecule has 1 N–H and O–H groups in total. The first-order chi connectivity index (χ1) is 7.81. The fourth-order valence-corrected chi connectivity index (χ4v) is 1.97. The molecule has 16 heavy (non-hydrogen) atoms. The van der Waals surface area contributed by atoms with Crippen molar-refractivity contribution in [2.24, 2.45) is 0 Å². The van der Waals surface area contributed by atoms with Crippen molar-refractivity contribution in [3.63, 3.8) is 0 Å². The van der Waals surface area contributed by atoms with Gasteiger partial charge in [0, 0.05) is 13.2 Å². The third kappa shape index (κ3) is 2.59. The van der Waals surface area contributed by atoms with E-state index in [0.29, 0.717) is 18.3 Å². The van der Waals surface area contributed by atoms with Crippen LogP contribution in [-0.4, -0.2) is 29.8 Å². The Morgan fingerprint density at radius 3 is 3.19 bits per heavy atom. The number of nitrogens with zero attached hydrogens (tertiary/aromatic N) is 2. The lowest BCUT2D eigenvalue weighted by molar-refractivity contribution is 0.0683. The van der Waals surface area contributed by atoms with E-state index in [2.05, 4.69) is 15.5 Å². The van der Waals surface area contributed by atoms with Crippen LogP contribution < -0.4 is 5.32 Å². The van der Waals surface area contributed by atoms with Crippen LogP contribution in [0, 0.1) is 0 Å². The first-order valence-corrected chi connectivity index (χ1v) is 5.97. The molecule has 5 heteroatoms. The predicted octanol–water partition coefficient (Wildman–Crippen LogP) is 1.63. The molecule has 0 spiro atoms. The van der Waals surface area contributed by atoms with E-state index in [0.717, 1.165) is 25.4 Å². The summed E-state index contributed by atoms with van der Waals surface area (Å²) in [6.07, 6.45) is 2.21. The van der Waals surface area contributed by atoms with Gasteiger partial charge in [0.2, 0.25) is 5.89 Å². The summed E-state index contributed by atoms with van der Waals surface area (Å²) in [5, 5.41) is 7.31. The average Bonchev–Trinajstić information content (AvgIpc) is 2.80. The highest BCUT2D eigenvalue weighted by molar-refractivity contribution is 4.98. The van der Waals surface area contributed by atoms with Crippen molar-refractivity contribution >= 4 is 0 Å². The Labute approximate surface area is 95.6 Å². The third-order valence-corrected chi connectivity index (χ3v) is 2.88. The monoisotopic (exact) mass is 225 g/mol. The molecular weight excluding hydrogens is 206 g/mol. The van der Waals surface area contributed by atoms with E-state index < -0.39 is 0 Å². The topological polar surface area (TPSA) is 60.2 Å². The second kappa shape index (κ2) is 5.41. The van der Waals surface area contributed by atoms with Crippen LogP contribution >= 0.6 is 0 Å². The molecule has 2 rings (SSSR count). The SMILES string of the molecule is CCOC(C)c1noc(C2CCCNC2)n1. The van der Waals surface area contributed by atoms with Crippen molar-refractivity contribution < 1.29 is 9.26 Å². The van der Waals surface area contributed by atoms with Gasteiger partial charge in [0.15, 0.2) is 5.82 Å². The van der Waals surface area contributed by atoms with E-state index in [1.165, 1.54) is 6.42 Å². The molecule has 2 heterocycles. The fraction of sp³-hybridized carbons (Fsp3) is 0.818. The van der Waals surface area contributed by atoms with Crippen LogP contribution in [0.1, 0.15) is 50.4 Å². The number of nitrogens with one attached hydrogen (secondary N) is 1. The number of hydrogen-bond donors (Lipinski definition) is 1. The molecule has 5 nitrogen and oxygen atoms in total. The third-order valence-electron chi connectivity index (χ3n) is 2.88. The molecule has 0 aromatic carbocycles. The van der Waals surface area contributed by atoms with Crippen LogP contribution in [0.25, 0.3) is 0 Å². The van der Waals surface area contributed by atoms with E-state index in [1.54, 1.807) is 0 Å². The second-order valence-electron chi connectivity index (χ2n) is 4.13. The number of aromatic nitrogens is 2. The molecular formula is C11H19N3O2. The van der Waals surface area contributed by atoms with Gasteiger partial charge in [-0.15, -0.1) is 0 Å². The molecule has 0 amide bonds. The molecule has 1 aromatic heterocycles. The van der Waals surface area contributed by atoms with Gasteiger partial charge in [0.05, 0.1) is 5.92 Å². The summed E-state index contributed by atoms with van der Waals surface area (Å²) >= 11 is 0. The zero-order chi connectivity index (χ0) is 11.4. The van der Waals surface area contributed by atoms with Crippen molar-refractivity contribution in [1.29, 1.82) is 0 Å². The van der Waals surface area contributed by atoms with Gasteiger partial charge < -0.3 is 14.6 Å². The van der Waals surface area contributed by atoms with Gasteiger partial charge >= 0.3 is 0 Å². The Hall–Kier alpha value is -0.940. The first kappa shape index (κ1) is 11.5. The largest absolute Gasteiger partial charge is 0.371 e. The second-order valence-corrected chi connectivity index (χ2v) is 4.13. The molecule has 1 aromatic rings. The molecule has 0 aliphatic carbocycles. The molecule has 0 saturated carbocycles. The Morgan fingerprint density at radius 1 is 1.62 bits per heavy atom. The van der Waals surface area contributed by atoms with Crippen molar-refractivity contribution in [2.75, 3.05) is 19.7 Å². The minimum Gasteiger partial charge on any atom is -0.371 e. The quantitative estimate of drug-likeness (QED) is 0.844. The van der Waals surface area contributed by atoms with E-state index in [-0.39, 0.29) is 6.10 Å². The van der Waals surface area contributed by atoms with Crippen LogP contribution in [0.3, 0.4) is 0 Å². The zero-order valence-corrected chi connectivity index (χ0v) is 9.90. The molecule has 1 aliphatic rings. The maximum atomic E-state index is 5.43. The first-order valence-electron chi connectivity index (χ1n) is 5.97. The summed E-state index contributed by atoms with van der Waals surface area (Å²) in [6, 6.07) is 0. The van der Waals surface area contributed by atoms with Gasteiger partial charge in [-0.25, -0.2) is 0 Å². The minimum atomic E-state index is -0.0842. The van der Waals surface area contributed by atoms with Crippen molar-refractivity contribution in [1.82, 2.24) is 15.5 Å². The van der Waals surface area contributed by atoms with Crippen LogP contribution in [0.4, 0.5) is 0 Å². The van der Waals surface area contributed by atoms with Crippen molar-refractivity contribution in [2.45, 2.75) is 38.7 Å². The van der Waals surface area contributed by atoms with Gasteiger partial charge in [-0.2, -0.15) is 4.98 Å². The lowest BCUT2D eigenvalue weighted by atomic mass is 10.00. The standard InChI is InChI=1S/C11H19N3O2/c1-3-15-8(2)10-13-11(16-14-10)9-5-4-6-12-7-9/h8-9,12H,3-7H2,1-2H3. The van der Waals surface area contributed by atoms with Crippen LogP contribution in [0.2, 0.25) is 0 Å². The number of ether oxygens (including phenoxy) is 1. The van der Waals surface area contributed by atoms with E-state index in [9.17, 15) is 0 Å². The summed E-state index contributed by atoms with van der Waals surface area (Å²) in [5.41, 5.74) is 0. The molecule has 1 aliphatic heterocycles. The fourth-order valence-electron chi connectivity index (χ4n) is 1.97. The molecule has 2 unspecified atom stereocenters. The molecule has 1 saturated heterocycles. The van der Waals surface area contributed by atoms with Crippen LogP contribution in [0.5, 0.6) is 0 Å². The van der Waals surface area contributed by atoms with Gasteiger partial charge in [0.25, 0.3) is 0 Å². The minimum absolute atomic E-state index is 0.0842. The smallest absolute Gasteiger partial charge is 0.231 e. The van der Waals surface area contributed by atoms with Gasteiger partial charge in [-0.3, -0.25) is 0 Å². The average molecular weight is 225 g/mol. The van der Waals surface area contributed by atoms with Gasteiger partial charge in [-0.1, -0.05) is 5.16 Å². The highest BCUT2D eigenvalue weighted by atomic mass is 16.5. The zero-order valence-electron chi connectivity index (χ0n) is 9.90. The lowest BCUT2D eigenvalue weighted by Gasteiger charge is -2.18. The maximum absolute atomic E-state index is 5.43. The lowest BCUT2D eigenvalue weighted by Crippen LogP contribution is -2.28. The summed E-state index contributed by atoms with van der Waals surface area (Å²) in [5.74, 6) is 1.76. The Morgan fingerprint density at radius 2 is 2.50 bits per heavy atom. The highest BCUT2D eigenvalue weighted by Crippen LogP contribution is 2.23. The molecule has 2 atom stereocenters. The van der Waals surface area contributed by atoms with E-state index in [1.807, 2.05) is 13.8 Å². The van der Waals surface area contributed by atoms with E-state index >= 15 is 0 Å². The summed E-state index contributed by atoms with van der Waals surface area (Å²) in [7, 11) is 0. The van der Waals surface area contributed by atoms with Crippen LogP contribution in [-0.2, 0) is 4.74 Å². The molecule has 0 radical (unpaired) electrons. The predicted molar refractivity (Wildman–Crippen MR) is 59.2 cm³/mol. The number of piperidine rings is 1. The molecule has 90 valence electrons. The highest BCUT2D eigenvalue weighted by Gasteiger charge is 2.22. The number of hydrogen-bond acceptors (Lipinski definition) is 5. The van der Waals surface area contributed by atoms with Gasteiger partial charge in [-0.05, 0) is 33.2 Å². The Kier molecular flexibility index (Phi) is 3.90.